The molecule has 0 fully saturated rings. The highest BCUT2D eigenvalue weighted by Crippen LogP contribution is 2.33. The lowest BCUT2D eigenvalue weighted by molar-refractivity contribution is 0.223. The summed E-state index contributed by atoms with van der Waals surface area (Å²) in [5.74, 6) is 2.67. The first kappa shape index (κ1) is 23.2. The lowest BCUT2D eigenvalue weighted by Gasteiger charge is -2.25. The van der Waals surface area contributed by atoms with Crippen LogP contribution in [-0.4, -0.2) is 21.0 Å². The van der Waals surface area contributed by atoms with Crippen LogP contribution >= 0.6 is 24.0 Å². The molecule has 36 heavy (non-hydrogen) atoms. The van der Waals surface area contributed by atoms with Crippen LogP contribution in [0.1, 0.15) is 28.3 Å². The topological polar surface area (TPSA) is 34.2 Å². The van der Waals surface area contributed by atoms with Gasteiger partial charge in [0.2, 0.25) is 5.71 Å². The zero-order valence-electron chi connectivity index (χ0n) is 20.0. The zero-order chi connectivity index (χ0) is 24.3. The van der Waals surface area contributed by atoms with Crippen molar-refractivity contribution in [1.29, 1.82) is 0 Å². The van der Waals surface area contributed by atoms with Crippen LogP contribution in [0.5, 0.6) is 0 Å². The molecular weight excluding hydrogens is 482 g/mol. The van der Waals surface area contributed by atoms with Crippen molar-refractivity contribution in [2.75, 3.05) is 6.54 Å². The van der Waals surface area contributed by atoms with E-state index in [0.717, 1.165) is 53.4 Å². The second kappa shape index (κ2) is 10.4. The normalized spacial score (nSPS) is 13.7. The van der Waals surface area contributed by atoms with Gasteiger partial charge in [0, 0.05) is 23.5 Å². The van der Waals surface area contributed by atoms with Crippen molar-refractivity contribution in [3.63, 3.8) is 0 Å². The van der Waals surface area contributed by atoms with Gasteiger partial charge >= 0.3 is 0 Å². The van der Waals surface area contributed by atoms with Crippen molar-refractivity contribution in [3.8, 4) is 0 Å². The van der Waals surface area contributed by atoms with Crippen LogP contribution in [0.4, 0.5) is 0 Å². The van der Waals surface area contributed by atoms with E-state index in [1.165, 1.54) is 21.6 Å². The summed E-state index contributed by atoms with van der Waals surface area (Å²) in [6.45, 7) is 3.38. The van der Waals surface area contributed by atoms with E-state index in [1.807, 2.05) is 12.1 Å². The number of benzene rings is 3. The molecule has 3 heterocycles. The first-order valence-electron chi connectivity index (χ1n) is 12.3. The second-order valence-corrected chi connectivity index (χ2v) is 10.6. The fourth-order valence-corrected chi connectivity index (χ4v) is 6.10. The summed E-state index contributed by atoms with van der Waals surface area (Å²) in [5, 5.41) is 1.02. The van der Waals surface area contributed by atoms with E-state index in [2.05, 4.69) is 88.3 Å². The number of hydrogen-bond acceptors (Lipinski definition) is 5. The Morgan fingerprint density at radius 2 is 1.47 bits per heavy atom. The van der Waals surface area contributed by atoms with Crippen LogP contribution in [-0.2, 0) is 31.8 Å². The van der Waals surface area contributed by atoms with E-state index < -0.39 is 0 Å². The van der Waals surface area contributed by atoms with Gasteiger partial charge in [-0.3, -0.25) is 4.90 Å². The minimum Gasteiger partial charge on any atom is -0.441 e. The Bertz CT molecular complexity index is 1530. The predicted molar refractivity (Wildman–Crippen MR) is 149 cm³/mol. The minimum atomic E-state index is 0.680. The summed E-state index contributed by atoms with van der Waals surface area (Å²) >= 11 is 7.90. The molecule has 0 saturated carbocycles. The first-order chi connectivity index (χ1) is 17.7. The molecule has 1 aliphatic rings. The fourth-order valence-electron chi connectivity index (χ4n) is 4.85. The number of nitrogens with zero attached hydrogens (tertiary/aromatic N) is 3. The van der Waals surface area contributed by atoms with Gasteiger partial charge in [-0.25, -0.2) is 0 Å². The molecule has 0 atom stereocenters. The van der Waals surface area contributed by atoms with Gasteiger partial charge in [-0.05, 0) is 29.7 Å². The highest BCUT2D eigenvalue weighted by Gasteiger charge is 2.26. The fraction of sp³-hybridized carbons (Fsp3) is 0.200. The van der Waals surface area contributed by atoms with Crippen LogP contribution < -0.4 is 0 Å². The van der Waals surface area contributed by atoms with Gasteiger partial charge in [-0.2, -0.15) is 4.98 Å². The first-order valence-corrected chi connectivity index (χ1v) is 13.7. The van der Waals surface area contributed by atoms with Crippen molar-refractivity contribution in [2.45, 2.75) is 36.7 Å². The Morgan fingerprint density at radius 1 is 0.833 bits per heavy atom. The maximum Gasteiger partial charge on any atom is 0.231 e. The molecule has 0 spiro atoms. The van der Waals surface area contributed by atoms with Gasteiger partial charge in [0.15, 0.2) is 0 Å². The monoisotopic (exact) mass is 509 g/mol. The third-order valence-corrected chi connectivity index (χ3v) is 8.09. The second-order valence-electron chi connectivity index (χ2n) is 9.14. The molecule has 6 rings (SSSR count). The van der Waals surface area contributed by atoms with Crippen molar-refractivity contribution >= 4 is 35.1 Å². The molecule has 180 valence electrons. The van der Waals surface area contributed by atoms with Crippen LogP contribution in [0.2, 0.25) is 0 Å². The average molecular weight is 510 g/mol. The van der Waals surface area contributed by atoms with Crippen LogP contribution in [0, 0.1) is 4.64 Å². The molecule has 0 amide bonds. The molecule has 6 heteroatoms. The van der Waals surface area contributed by atoms with Gasteiger partial charge in [0.25, 0.3) is 0 Å². The number of hydrogen-bond donors (Lipinski definition) is 0. The molecule has 2 aromatic heterocycles. The van der Waals surface area contributed by atoms with Crippen molar-refractivity contribution < 1.29 is 4.42 Å². The maximum atomic E-state index is 6.40. The lowest BCUT2D eigenvalue weighted by Crippen LogP contribution is -2.29. The summed E-state index contributed by atoms with van der Waals surface area (Å²) in [6.07, 6.45) is 0.921. The number of thioether (sulfide) groups is 1. The van der Waals surface area contributed by atoms with Gasteiger partial charge in [0.1, 0.15) is 16.2 Å². The summed E-state index contributed by atoms with van der Waals surface area (Å²) in [7, 11) is 0. The number of furan rings is 1. The molecular formula is C30H27N3OS2. The van der Waals surface area contributed by atoms with E-state index in [4.69, 9.17) is 21.6 Å². The lowest BCUT2D eigenvalue weighted by atomic mass is 10.0. The molecule has 4 nitrogen and oxygen atoms in total. The molecule has 0 aliphatic carbocycles. The Morgan fingerprint density at radius 3 is 2.17 bits per heavy atom. The third kappa shape index (κ3) is 4.89. The molecule has 3 aromatic carbocycles. The number of fused-ring (bicyclic) bond motifs is 3. The molecule has 5 aromatic rings. The van der Waals surface area contributed by atoms with Gasteiger partial charge < -0.3 is 8.98 Å². The van der Waals surface area contributed by atoms with Crippen LogP contribution in [0.25, 0.3) is 11.1 Å². The average Bonchev–Trinajstić information content (AvgIpc) is 3.29. The van der Waals surface area contributed by atoms with Crippen molar-refractivity contribution in [1.82, 2.24) is 14.5 Å². The van der Waals surface area contributed by atoms with Crippen molar-refractivity contribution in [2.24, 2.45) is 0 Å². The summed E-state index contributed by atoms with van der Waals surface area (Å²) in [4.78, 5) is 8.70. The molecule has 0 N–H and O–H groups in total. The smallest absolute Gasteiger partial charge is 0.231 e. The quantitative estimate of drug-likeness (QED) is 0.170. The van der Waals surface area contributed by atoms with Gasteiger partial charge in [-0.1, -0.05) is 91.1 Å². The Kier molecular flexibility index (Phi) is 6.73. The highest BCUT2D eigenvalue weighted by atomic mass is 32.2. The molecule has 1 aliphatic heterocycles. The largest absolute Gasteiger partial charge is 0.441 e. The van der Waals surface area contributed by atoms with Crippen molar-refractivity contribution in [3.05, 3.63) is 124 Å². The van der Waals surface area contributed by atoms with E-state index in [-0.39, 0.29) is 0 Å². The Hall–Kier alpha value is -3.19. The summed E-state index contributed by atoms with van der Waals surface area (Å²) < 4.78 is 9.43. The number of aromatic nitrogens is 2. The summed E-state index contributed by atoms with van der Waals surface area (Å²) in [5.41, 5.74) is 4.45. The standard InChI is InChI=1S/C30H27N3OS2/c35-30-28-25-16-17-32(18-22-10-4-1-5-11-22)20-26(25)34-29(28)31-27(21-36-24-14-8-3-9-15-24)33(30)19-23-12-6-2-7-13-23/h1-15H,16-21H2. The Balaban J connectivity index is 1.36. The van der Waals surface area contributed by atoms with E-state index in [1.54, 1.807) is 11.8 Å². The highest BCUT2D eigenvalue weighted by molar-refractivity contribution is 7.98. The van der Waals surface area contributed by atoms with Gasteiger partial charge in [-0.15, -0.1) is 11.8 Å². The van der Waals surface area contributed by atoms with E-state index >= 15 is 0 Å². The predicted octanol–water partition coefficient (Wildman–Crippen LogP) is 7.26. The molecule has 0 bridgehead atoms. The minimum absolute atomic E-state index is 0.680. The van der Waals surface area contributed by atoms with Crippen LogP contribution in [0.15, 0.2) is 100 Å². The molecule has 0 radical (unpaired) electrons. The zero-order valence-corrected chi connectivity index (χ0v) is 21.6. The van der Waals surface area contributed by atoms with Crippen LogP contribution in [0.3, 0.4) is 0 Å². The van der Waals surface area contributed by atoms with E-state index in [0.29, 0.717) is 12.3 Å². The van der Waals surface area contributed by atoms with Gasteiger partial charge in [0.05, 0.1) is 24.2 Å². The third-order valence-electron chi connectivity index (χ3n) is 6.66. The maximum absolute atomic E-state index is 6.40. The summed E-state index contributed by atoms with van der Waals surface area (Å²) in [6, 6.07) is 31.5. The molecule has 0 saturated heterocycles. The Labute approximate surface area is 220 Å². The molecule has 0 unspecified atom stereocenters. The SMILES string of the molecule is S=c1c2c3c(oc2nc(CSc2ccccc2)n1Cc1ccccc1)CN(Cc1ccccc1)CC3. The number of rotatable bonds is 7. The van der Waals surface area contributed by atoms with E-state index in [9.17, 15) is 0 Å².